The average Bonchev–Trinajstić information content (AvgIpc) is 3.15. The lowest BCUT2D eigenvalue weighted by molar-refractivity contribution is 0.0996. The zero-order chi connectivity index (χ0) is 36.6. The van der Waals surface area contributed by atoms with Crippen molar-refractivity contribution in [2.75, 3.05) is 8.61 Å². The minimum atomic E-state index is -4.55. The van der Waals surface area contributed by atoms with Crippen LogP contribution in [-0.2, 0) is 20.0 Å². The van der Waals surface area contributed by atoms with Gasteiger partial charge in [-0.2, -0.15) is 8.61 Å². The van der Waals surface area contributed by atoms with Crippen LogP contribution in [0.1, 0.15) is 20.7 Å². The van der Waals surface area contributed by atoms with Gasteiger partial charge in [-0.1, -0.05) is 83.9 Å². The number of anilines is 2. The van der Waals surface area contributed by atoms with Crippen LogP contribution in [-0.4, -0.2) is 28.6 Å². The highest BCUT2D eigenvalue weighted by molar-refractivity contribution is 7.94. The molecule has 0 unspecified atom stereocenters. The molecule has 0 atom stereocenters. The van der Waals surface area contributed by atoms with Crippen LogP contribution in [0.4, 0.5) is 11.4 Å². The quantitative estimate of drug-likeness (QED) is 0.153. The minimum absolute atomic E-state index is 0.0382. The molecule has 8 nitrogen and oxygen atoms in total. The average molecular weight is 766 g/mol. The Morgan fingerprint density at radius 1 is 0.404 bits per heavy atom. The predicted molar refractivity (Wildman–Crippen MR) is 205 cm³/mol. The third kappa shape index (κ3) is 6.65. The Balaban J connectivity index is 1.35. The summed E-state index contributed by atoms with van der Waals surface area (Å²) in [7, 11) is -9.10. The van der Waals surface area contributed by atoms with Crippen LogP contribution >= 0.6 is 23.2 Å². The Morgan fingerprint density at radius 3 is 1.08 bits per heavy atom. The van der Waals surface area contributed by atoms with Gasteiger partial charge in [0.15, 0.2) is 0 Å². The number of halogens is 2. The second kappa shape index (κ2) is 13.9. The third-order valence-corrected chi connectivity index (χ3v) is 12.3. The molecule has 0 bridgehead atoms. The highest BCUT2D eigenvalue weighted by atomic mass is 35.5. The van der Waals surface area contributed by atoms with Gasteiger partial charge >= 0.3 is 0 Å². The summed E-state index contributed by atoms with van der Waals surface area (Å²) in [5.74, 6) is -1.76. The molecule has 12 heteroatoms. The molecule has 0 radical (unpaired) electrons. The molecule has 0 saturated carbocycles. The molecule has 258 valence electrons. The first kappa shape index (κ1) is 34.9. The Labute approximate surface area is 310 Å². The Morgan fingerprint density at radius 2 is 0.731 bits per heavy atom. The van der Waals surface area contributed by atoms with Crippen LogP contribution in [0.25, 0.3) is 21.5 Å². The topological polar surface area (TPSA) is 109 Å². The van der Waals surface area contributed by atoms with E-state index in [-0.39, 0.29) is 32.3 Å². The molecule has 7 aromatic carbocycles. The number of nitrogens with zero attached hydrogens (tertiary/aromatic N) is 2. The monoisotopic (exact) mass is 764 g/mol. The van der Waals surface area contributed by atoms with Crippen molar-refractivity contribution in [1.29, 1.82) is 0 Å². The van der Waals surface area contributed by atoms with E-state index in [4.69, 9.17) is 23.2 Å². The SMILES string of the molecule is O=C(c1ccc(Cl)cc1)N(c1ccc(N(C(=O)c2ccc(Cl)cc2)S(=O)(=O)c2ccc3ccccc3c2)cc1)S(=O)(=O)c1ccc2ccccc2c1. The fourth-order valence-corrected chi connectivity index (χ4v) is 8.89. The zero-order valence-electron chi connectivity index (χ0n) is 26.9. The molecule has 7 aromatic rings. The van der Waals surface area contributed by atoms with Gasteiger partial charge in [0.1, 0.15) is 0 Å². The van der Waals surface area contributed by atoms with Crippen LogP contribution in [0.5, 0.6) is 0 Å². The molecule has 0 aliphatic heterocycles. The number of amides is 2. The van der Waals surface area contributed by atoms with Crippen LogP contribution in [0.15, 0.2) is 168 Å². The van der Waals surface area contributed by atoms with E-state index in [2.05, 4.69) is 0 Å². The molecule has 52 heavy (non-hydrogen) atoms. The molecule has 0 fully saturated rings. The molecular formula is C40H26Cl2N2O6S2. The lowest BCUT2D eigenvalue weighted by Crippen LogP contribution is -2.38. The fourth-order valence-electron chi connectivity index (χ4n) is 5.74. The summed E-state index contributed by atoms with van der Waals surface area (Å²) in [4.78, 5) is 27.8. The maximum Gasteiger partial charge on any atom is 0.272 e. The summed E-state index contributed by atoms with van der Waals surface area (Å²) in [5, 5.41) is 3.60. The molecule has 0 heterocycles. The van der Waals surface area contributed by atoms with Crippen LogP contribution < -0.4 is 8.61 Å². The standard InChI is InChI=1S/C40H26Cl2N2O6S2/c41-33-15-9-29(10-16-33)39(45)43(51(47,48)37-23-13-27-5-1-3-7-31(27)25-37)35-19-21-36(22-20-35)44(40(46)30-11-17-34(42)18-12-30)52(49,50)38-24-14-28-6-2-4-8-32(28)26-38/h1-26H. The lowest BCUT2D eigenvalue weighted by Gasteiger charge is -2.26. The first-order chi connectivity index (χ1) is 24.9. The molecule has 7 rings (SSSR count). The van der Waals surface area contributed by atoms with Crippen LogP contribution in [0.2, 0.25) is 10.0 Å². The summed E-state index contributed by atoms with van der Waals surface area (Å²) in [6, 6.07) is 40.1. The molecular weight excluding hydrogens is 739 g/mol. The molecule has 0 aliphatic carbocycles. The summed E-state index contributed by atoms with van der Waals surface area (Å²) in [6.07, 6.45) is 0. The van der Waals surface area contributed by atoms with E-state index in [1.165, 1.54) is 97.1 Å². The predicted octanol–water partition coefficient (Wildman–Crippen LogP) is 9.37. The van der Waals surface area contributed by atoms with Gasteiger partial charge in [0.25, 0.3) is 31.9 Å². The Kier molecular flexibility index (Phi) is 9.33. The van der Waals surface area contributed by atoms with E-state index >= 15 is 0 Å². The highest BCUT2D eigenvalue weighted by Crippen LogP contribution is 2.33. The van der Waals surface area contributed by atoms with E-state index in [0.29, 0.717) is 29.4 Å². The largest absolute Gasteiger partial charge is 0.272 e. The van der Waals surface area contributed by atoms with Crippen molar-refractivity contribution in [3.8, 4) is 0 Å². The van der Waals surface area contributed by atoms with E-state index < -0.39 is 31.9 Å². The molecule has 0 saturated heterocycles. The smallest absolute Gasteiger partial charge is 0.268 e. The number of carbonyl (C=O) groups is 2. The van der Waals surface area contributed by atoms with Crippen molar-refractivity contribution in [1.82, 2.24) is 0 Å². The van der Waals surface area contributed by atoms with Gasteiger partial charge in [0, 0.05) is 21.2 Å². The summed E-state index contributed by atoms with van der Waals surface area (Å²) >= 11 is 12.1. The Hall–Kier alpha value is -5.52. The van der Waals surface area contributed by atoms with Gasteiger partial charge in [-0.15, -0.1) is 0 Å². The highest BCUT2D eigenvalue weighted by Gasteiger charge is 2.35. The normalized spacial score (nSPS) is 11.7. The third-order valence-electron chi connectivity index (χ3n) is 8.39. The minimum Gasteiger partial charge on any atom is -0.268 e. The fraction of sp³-hybridized carbons (Fsp3) is 0. The van der Waals surface area contributed by atoms with E-state index in [9.17, 15) is 26.4 Å². The molecule has 2 amide bonds. The van der Waals surface area contributed by atoms with Gasteiger partial charge in [0.05, 0.1) is 21.2 Å². The summed E-state index contributed by atoms with van der Waals surface area (Å²) in [5.41, 5.74) is -0.120. The lowest BCUT2D eigenvalue weighted by atomic mass is 10.1. The second-order valence-corrected chi connectivity index (χ2v) is 16.1. The Bertz CT molecular complexity index is 2530. The number of hydrogen-bond acceptors (Lipinski definition) is 6. The van der Waals surface area contributed by atoms with Gasteiger partial charge < -0.3 is 0 Å². The van der Waals surface area contributed by atoms with Gasteiger partial charge in [-0.05, 0) is 119 Å². The number of rotatable bonds is 8. The maximum atomic E-state index is 14.4. The first-order valence-corrected chi connectivity index (χ1v) is 19.4. The number of sulfonamides is 2. The van der Waals surface area contributed by atoms with Crippen molar-refractivity contribution < 1.29 is 26.4 Å². The van der Waals surface area contributed by atoms with Crippen molar-refractivity contribution in [3.63, 3.8) is 0 Å². The number of benzene rings is 7. The van der Waals surface area contributed by atoms with Gasteiger partial charge in [-0.25, -0.2) is 16.8 Å². The number of carbonyl (C=O) groups excluding carboxylic acids is 2. The van der Waals surface area contributed by atoms with Crippen molar-refractivity contribution in [2.45, 2.75) is 9.79 Å². The van der Waals surface area contributed by atoms with Crippen molar-refractivity contribution in [2.24, 2.45) is 0 Å². The number of hydrogen-bond donors (Lipinski definition) is 0. The van der Waals surface area contributed by atoms with Crippen LogP contribution in [0, 0.1) is 0 Å². The molecule has 0 N–H and O–H groups in total. The zero-order valence-corrected chi connectivity index (χ0v) is 30.1. The first-order valence-electron chi connectivity index (χ1n) is 15.7. The second-order valence-electron chi connectivity index (χ2n) is 11.7. The summed E-state index contributed by atoms with van der Waals surface area (Å²) < 4.78 is 58.7. The van der Waals surface area contributed by atoms with E-state index in [0.717, 1.165) is 10.8 Å². The van der Waals surface area contributed by atoms with E-state index in [1.54, 1.807) is 36.4 Å². The number of fused-ring (bicyclic) bond motifs is 2. The van der Waals surface area contributed by atoms with Gasteiger partial charge in [0.2, 0.25) is 0 Å². The van der Waals surface area contributed by atoms with E-state index in [1.807, 2.05) is 24.3 Å². The maximum absolute atomic E-state index is 14.4. The summed E-state index contributed by atoms with van der Waals surface area (Å²) in [6.45, 7) is 0. The van der Waals surface area contributed by atoms with Crippen LogP contribution in [0.3, 0.4) is 0 Å². The van der Waals surface area contributed by atoms with Gasteiger partial charge in [-0.3, -0.25) is 9.59 Å². The molecule has 0 aliphatic rings. The molecule has 0 spiro atoms. The van der Waals surface area contributed by atoms with Crippen molar-refractivity contribution in [3.05, 3.63) is 179 Å². The van der Waals surface area contributed by atoms with Crippen molar-refractivity contribution >= 4 is 88.0 Å². The molecule has 0 aromatic heterocycles.